The molecular formula is C22H30O6. The molecule has 6 nitrogen and oxygen atoms in total. The van der Waals surface area contributed by atoms with Gasteiger partial charge in [-0.05, 0) is 37.5 Å². The molecule has 0 bridgehead atoms. The van der Waals surface area contributed by atoms with Gasteiger partial charge in [-0.2, -0.15) is 0 Å². The number of hydrogen-bond donors (Lipinski definition) is 0. The molecule has 0 amide bonds. The Bertz CT molecular complexity index is 656. The molecule has 28 heavy (non-hydrogen) atoms. The van der Waals surface area contributed by atoms with Gasteiger partial charge in [0.05, 0.1) is 26.9 Å². The van der Waals surface area contributed by atoms with Crippen LogP contribution in [-0.4, -0.2) is 45.0 Å². The normalized spacial score (nSPS) is 20.5. The van der Waals surface area contributed by atoms with Crippen LogP contribution in [0.15, 0.2) is 24.3 Å². The van der Waals surface area contributed by atoms with Gasteiger partial charge in [-0.15, -0.1) is 0 Å². The number of ketones is 1. The summed E-state index contributed by atoms with van der Waals surface area (Å²) in [5.74, 6) is -0.223. The molecule has 2 fully saturated rings. The van der Waals surface area contributed by atoms with Gasteiger partial charge in [-0.25, -0.2) is 0 Å². The van der Waals surface area contributed by atoms with Crippen LogP contribution in [-0.2, 0) is 23.8 Å². The summed E-state index contributed by atoms with van der Waals surface area (Å²) in [6.07, 6.45) is 3.81. The zero-order chi connectivity index (χ0) is 20.0. The maximum atomic E-state index is 13.8. The van der Waals surface area contributed by atoms with Crippen LogP contribution in [0.25, 0.3) is 0 Å². The van der Waals surface area contributed by atoms with E-state index in [0.29, 0.717) is 32.5 Å². The Hall–Kier alpha value is -1.92. The van der Waals surface area contributed by atoms with Crippen molar-refractivity contribution in [2.45, 2.75) is 57.7 Å². The predicted octanol–water partition coefficient (Wildman–Crippen LogP) is 3.62. The number of esters is 1. The van der Waals surface area contributed by atoms with E-state index in [1.165, 1.54) is 0 Å². The SMILES string of the molecule is CCOC(=O)C1(C(=O)C(CC2OCCO2)c2ccc(OC)cc2)CCCCC1. The zero-order valence-corrected chi connectivity index (χ0v) is 16.8. The molecule has 1 saturated carbocycles. The third-order valence-electron chi connectivity index (χ3n) is 5.80. The number of rotatable bonds is 8. The first kappa shape index (κ1) is 20.8. The average molecular weight is 390 g/mol. The zero-order valence-electron chi connectivity index (χ0n) is 16.8. The lowest BCUT2D eigenvalue weighted by Gasteiger charge is -2.36. The van der Waals surface area contributed by atoms with E-state index < -0.39 is 17.6 Å². The topological polar surface area (TPSA) is 71.1 Å². The van der Waals surface area contributed by atoms with Crippen LogP contribution in [0.2, 0.25) is 0 Å². The number of carbonyl (C=O) groups is 2. The lowest BCUT2D eigenvalue weighted by atomic mass is 9.66. The van der Waals surface area contributed by atoms with E-state index in [1.807, 2.05) is 24.3 Å². The molecule has 1 aromatic rings. The molecule has 1 saturated heterocycles. The Morgan fingerprint density at radius 3 is 2.32 bits per heavy atom. The van der Waals surface area contributed by atoms with Crippen LogP contribution in [0, 0.1) is 5.41 Å². The van der Waals surface area contributed by atoms with Gasteiger partial charge in [-0.1, -0.05) is 31.4 Å². The standard InChI is InChI=1S/C22H30O6/c1-3-26-21(24)22(11-5-4-6-12-22)20(23)18(15-19-27-13-14-28-19)16-7-9-17(25-2)10-8-16/h7-10,18-19H,3-6,11-15H2,1-2H3. The second-order valence-electron chi connectivity index (χ2n) is 7.46. The van der Waals surface area contributed by atoms with Crippen molar-refractivity contribution in [1.29, 1.82) is 0 Å². The molecule has 154 valence electrons. The number of Topliss-reactive ketones (excluding diaryl/α,β-unsaturated/α-hetero) is 1. The van der Waals surface area contributed by atoms with Crippen LogP contribution >= 0.6 is 0 Å². The Kier molecular flexibility index (Phi) is 7.08. The lowest BCUT2D eigenvalue weighted by Crippen LogP contribution is -2.45. The maximum absolute atomic E-state index is 13.8. The first-order valence-electron chi connectivity index (χ1n) is 10.2. The van der Waals surface area contributed by atoms with Gasteiger partial charge < -0.3 is 18.9 Å². The number of benzene rings is 1. The van der Waals surface area contributed by atoms with E-state index in [2.05, 4.69) is 0 Å². The minimum atomic E-state index is -1.07. The summed E-state index contributed by atoms with van der Waals surface area (Å²) in [5, 5.41) is 0. The molecule has 1 aromatic carbocycles. The summed E-state index contributed by atoms with van der Waals surface area (Å²) in [6, 6.07) is 7.45. The van der Waals surface area contributed by atoms with Gasteiger partial charge in [0.1, 0.15) is 11.2 Å². The smallest absolute Gasteiger partial charge is 0.319 e. The van der Waals surface area contributed by atoms with Crippen molar-refractivity contribution in [3.05, 3.63) is 29.8 Å². The fourth-order valence-electron chi connectivity index (χ4n) is 4.28. The maximum Gasteiger partial charge on any atom is 0.319 e. The number of methoxy groups -OCH3 is 1. The minimum absolute atomic E-state index is 0.0742. The summed E-state index contributed by atoms with van der Waals surface area (Å²) in [4.78, 5) is 26.7. The predicted molar refractivity (Wildman–Crippen MR) is 103 cm³/mol. The molecule has 0 N–H and O–H groups in total. The van der Waals surface area contributed by atoms with Gasteiger partial charge in [0.25, 0.3) is 0 Å². The summed E-state index contributed by atoms with van der Waals surface area (Å²) >= 11 is 0. The second-order valence-corrected chi connectivity index (χ2v) is 7.46. The molecule has 0 aromatic heterocycles. The molecule has 1 atom stereocenters. The Balaban J connectivity index is 1.93. The molecule has 1 unspecified atom stereocenters. The Morgan fingerprint density at radius 1 is 1.11 bits per heavy atom. The van der Waals surface area contributed by atoms with Crippen molar-refractivity contribution in [2.75, 3.05) is 26.9 Å². The summed E-state index contributed by atoms with van der Waals surface area (Å²) in [5.41, 5.74) is -0.226. The molecule has 0 radical (unpaired) electrons. The van der Waals surface area contributed by atoms with Crippen molar-refractivity contribution < 1.29 is 28.5 Å². The van der Waals surface area contributed by atoms with Crippen LogP contribution in [0.4, 0.5) is 0 Å². The van der Waals surface area contributed by atoms with E-state index in [4.69, 9.17) is 18.9 Å². The fraction of sp³-hybridized carbons (Fsp3) is 0.636. The van der Waals surface area contributed by atoms with Gasteiger partial charge in [0.2, 0.25) is 0 Å². The van der Waals surface area contributed by atoms with Crippen LogP contribution in [0.5, 0.6) is 5.75 Å². The van der Waals surface area contributed by atoms with Gasteiger partial charge in [0, 0.05) is 12.3 Å². The molecule has 1 aliphatic carbocycles. The van der Waals surface area contributed by atoms with Crippen molar-refractivity contribution in [1.82, 2.24) is 0 Å². The van der Waals surface area contributed by atoms with Crippen molar-refractivity contribution in [3.8, 4) is 5.75 Å². The van der Waals surface area contributed by atoms with E-state index in [9.17, 15) is 9.59 Å². The first-order chi connectivity index (χ1) is 13.6. The van der Waals surface area contributed by atoms with E-state index >= 15 is 0 Å². The molecular weight excluding hydrogens is 360 g/mol. The van der Waals surface area contributed by atoms with Crippen LogP contribution in [0.1, 0.15) is 56.9 Å². The highest BCUT2D eigenvalue weighted by molar-refractivity contribution is 6.06. The number of ether oxygens (including phenoxy) is 4. The monoisotopic (exact) mass is 390 g/mol. The highest BCUT2D eigenvalue weighted by Gasteiger charge is 2.50. The van der Waals surface area contributed by atoms with Crippen molar-refractivity contribution >= 4 is 11.8 Å². The largest absolute Gasteiger partial charge is 0.497 e. The second kappa shape index (κ2) is 9.52. The Morgan fingerprint density at radius 2 is 1.75 bits per heavy atom. The van der Waals surface area contributed by atoms with Gasteiger partial charge >= 0.3 is 5.97 Å². The molecule has 2 aliphatic rings. The van der Waals surface area contributed by atoms with Crippen LogP contribution in [0.3, 0.4) is 0 Å². The van der Waals surface area contributed by atoms with E-state index in [0.717, 1.165) is 30.6 Å². The lowest BCUT2D eigenvalue weighted by molar-refractivity contribution is -0.164. The van der Waals surface area contributed by atoms with E-state index in [-0.39, 0.29) is 18.4 Å². The van der Waals surface area contributed by atoms with Crippen LogP contribution < -0.4 is 4.74 Å². The third-order valence-corrected chi connectivity index (χ3v) is 5.80. The first-order valence-corrected chi connectivity index (χ1v) is 10.2. The average Bonchev–Trinajstić information content (AvgIpc) is 3.25. The van der Waals surface area contributed by atoms with Crippen molar-refractivity contribution in [2.24, 2.45) is 5.41 Å². The quantitative estimate of drug-likeness (QED) is 0.499. The molecule has 0 spiro atoms. The number of hydrogen-bond acceptors (Lipinski definition) is 6. The summed E-state index contributed by atoms with van der Waals surface area (Å²) in [6.45, 7) is 3.10. The molecule has 1 aliphatic heterocycles. The fourth-order valence-corrected chi connectivity index (χ4v) is 4.28. The molecule has 3 rings (SSSR count). The number of carbonyl (C=O) groups excluding carboxylic acids is 2. The highest BCUT2D eigenvalue weighted by Crippen LogP contribution is 2.44. The summed E-state index contributed by atoms with van der Waals surface area (Å²) in [7, 11) is 1.61. The van der Waals surface area contributed by atoms with Crippen molar-refractivity contribution in [3.63, 3.8) is 0 Å². The molecule has 6 heteroatoms. The Labute approximate surface area is 166 Å². The minimum Gasteiger partial charge on any atom is -0.497 e. The van der Waals surface area contributed by atoms with Gasteiger partial charge in [0.15, 0.2) is 12.1 Å². The molecule has 1 heterocycles. The van der Waals surface area contributed by atoms with E-state index in [1.54, 1.807) is 14.0 Å². The highest BCUT2D eigenvalue weighted by atomic mass is 16.7. The summed E-state index contributed by atoms with van der Waals surface area (Å²) < 4.78 is 21.8. The van der Waals surface area contributed by atoms with Gasteiger partial charge in [-0.3, -0.25) is 9.59 Å². The third kappa shape index (κ3) is 4.39.